The highest BCUT2D eigenvalue weighted by Crippen LogP contribution is 2.29. The number of benzene rings is 3. The van der Waals surface area contributed by atoms with Gasteiger partial charge in [-0.25, -0.2) is 8.42 Å². The SMILES string of the molecule is COc1ccc(N(Cc2nnnn2-c2ccccc2)S(=O)(=O)c2cc(C)ccc2C)cc1. The molecule has 4 rings (SSSR count). The second-order valence-corrected chi connectivity index (χ2v) is 9.15. The molecule has 3 aromatic carbocycles. The van der Waals surface area contributed by atoms with Gasteiger partial charge in [0.2, 0.25) is 0 Å². The molecule has 0 bridgehead atoms. The Labute approximate surface area is 187 Å². The number of sulfonamides is 1. The van der Waals surface area contributed by atoms with E-state index in [1.54, 1.807) is 44.4 Å². The predicted molar refractivity (Wildman–Crippen MR) is 121 cm³/mol. The second-order valence-electron chi connectivity index (χ2n) is 7.32. The van der Waals surface area contributed by atoms with Crippen LogP contribution < -0.4 is 9.04 Å². The highest BCUT2D eigenvalue weighted by molar-refractivity contribution is 7.92. The van der Waals surface area contributed by atoms with Crippen molar-refractivity contribution < 1.29 is 13.2 Å². The number of hydrogen-bond acceptors (Lipinski definition) is 6. The minimum Gasteiger partial charge on any atom is -0.497 e. The summed E-state index contributed by atoms with van der Waals surface area (Å²) in [4.78, 5) is 0.243. The lowest BCUT2D eigenvalue weighted by atomic mass is 10.2. The second kappa shape index (κ2) is 8.80. The van der Waals surface area contributed by atoms with E-state index in [2.05, 4.69) is 15.5 Å². The molecule has 4 aromatic rings. The molecule has 0 saturated carbocycles. The molecule has 0 spiro atoms. The normalized spacial score (nSPS) is 11.3. The van der Waals surface area contributed by atoms with Gasteiger partial charge in [0.05, 0.1) is 29.9 Å². The first-order valence-electron chi connectivity index (χ1n) is 9.97. The fraction of sp³-hybridized carbons (Fsp3) is 0.174. The number of aromatic nitrogens is 4. The van der Waals surface area contributed by atoms with Crippen LogP contribution >= 0.6 is 0 Å². The number of rotatable bonds is 7. The fourth-order valence-corrected chi connectivity index (χ4v) is 5.10. The zero-order valence-corrected chi connectivity index (χ0v) is 18.8. The summed E-state index contributed by atoms with van der Waals surface area (Å²) >= 11 is 0. The van der Waals surface area contributed by atoms with Crippen LogP contribution in [0, 0.1) is 13.8 Å². The van der Waals surface area contributed by atoms with Gasteiger partial charge < -0.3 is 4.74 Å². The molecule has 0 aliphatic rings. The first-order valence-corrected chi connectivity index (χ1v) is 11.4. The molecule has 9 heteroatoms. The van der Waals surface area contributed by atoms with E-state index in [-0.39, 0.29) is 11.4 Å². The average Bonchev–Trinajstić information content (AvgIpc) is 3.28. The highest BCUT2D eigenvalue weighted by atomic mass is 32.2. The van der Waals surface area contributed by atoms with Crippen LogP contribution in [-0.4, -0.2) is 35.7 Å². The molecule has 0 aliphatic heterocycles. The zero-order valence-electron chi connectivity index (χ0n) is 18.0. The van der Waals surface area contributed by atoms with Crippen molar-refractivity contribution in [3.63, 3.8) is 0 Å². The van der Waals surface area contributed by atoms with Crippen molar-refractivity contribution in [2.45, 2.75) is 25.3 Å². The molecule has 0 amide bonds. The van der Waals surface area contributed by atoms with Crippen LogP contribution in [0.5, 0.6) is 5.75 Å². The molecule has 1 aromatic heterocycles. The van der Waals surface area contributed by atoms with Crippen molar-refractivity contribution in [2.24, 2.45) is 0 Å². The van der Waals surface area contributed by atoms with E-state index in [0.717, 1.165) is 11.3 Å². The standard InChI is InChI=1S/C23H23N5O3S/c1-17-9-10-18(2)22(15-17)32(29,30)27(19-11-13-21(31-3)14-12-19)16-23-24-25-26-28(23)20-7-5-4-6-8-20/h4-15H,16H2,1-3H3. The van der Waals surface area contributed by atoms with E-state index in [1.807, 2.05) is 49.4 Å². The van der Waals surface area contributed by atoms with Gasteiger partial charge in [-0.3, -0.25) is 4.31 Å². The Hall–Kier alpha value is -3.72. The number of methoxy groups -OCH3 is 1. The van der Waals surface area contributed by atoms with Crippen molar-refractivity contribution in [1.29, 1.82) is 0 Å². The molecule has 0 unspecified atom stereocenters. The molecule has 0 radical (unpaired) electrons. The maximum atomic E-state index is 13.9. The summed E-state index contributed by atoms with van der Waals surface area (Å²) < 4.78 is 35.8. The Morgan fingerprint density at radius 3 is 2.38 bits per heavy atom. The molecule has 0 N–H and O–H groups in total. The third-order valence-electron chi connectivity index (χ3n) is 5.09. The van der Waals surface area contributed by atoms with Crippen molar-refractivity contribution >= 4 is 15.7 Å². The molecular weight excluding hydrogens is 426 g/mol. The molecule has 0 saturated heterocycles. The molecule has 0 atom stereocenters. The maximum Gasteiger partial charge on any atom is 0.265 e. The Kier molecular flexibility index (Phi) is 5.91. The number of tetrazole rings is 1. The first kappa shape index (κ1) is 21.5. The van der Waals surface area contributed by atoms with Crippen LogP contribution in [0.2, 0.25) is 0 Å². The highest BCUT2D eigenvalue weighted by Gasteiger charge is 2.29. The minimum absolute atomic E-state index is 0.0516. The summed E-state index contributed by atoms with van der Waals surface area (Å²) in [6, 6.07) is 21.6. The van der Waals surface area contributed by atoms with Crippen LogP contribution in [0.4, 0.5) is 5.69 Å². The molecular formula is C23H23N5O3S. The van der Waals surface area contributed by atoms with Gasteiger partial charge in [-0.05, 0) is 77.9 Å². The number of aryl methyl sites for hydroxylation is 2. The topological polar surface area (TPSA) is 90.2 Å². The van der Waals surface area contributed by atoms with E-state index in [9.17, 15) is 8.42 Å². The number of nitrogens with zero attached hydrogens (tertiary/aromatic N) is 5. The number of hydrogen-bond donors (Lipinski definition) is 0. The molecule has 0 aliphatic carbocycles. The van der Waals surface area contributed by atoms with Gasteiger partial charge in [-0.15, -0.1) is 5.10 Å². The van der Waals surface area contributed by atoms with Crippen LogP contribution in [0.15, 0.2) is 77.7 Å². The summed E-state index contributed by atoms with van der Waals surface area (Å²) in [6.45, 7) is 3.60. The van der Waals surface area contributed by atoms with Crippen LogP contribution in [0.3, 0.4) is 0 Å². The fourth-order valence-electron chi connectivity index (χ4n) is 3.37. The largest absolute Gasteiger partial charge is 0.497 e. The van der Waals surface area contributed by atoms with Crippen LogP contribution in [0.1, 0.15) is 17.0 Å². The van der Waals surface area contributed by atoms with Gasteiger partial charge in [0.1, 0.15) is 5.75 Å². The average molecular weight is 450 g/mol. The first-order chi connectivity index (χ1) is 15.4. The lowest BCUT2D eigenvalue weighted by molar-refractivity contribution is 0.415. The van der Waals surface area contributed by atoms with E-state index >= 15 is 0 Å². The van der Waals surface area contributed by atoms with E-state index < -0.39 is 10.0 Å². The third kappa shape index (κ3) is 4.19. The molecule has 8 nitrogen and oxygen atoms in total. The van der Waals surface area contributed by atoms with E-state index in [1.165, 1.54) is 8.99 Å². The van der Waals surface area contributed by atoms with Crippen LogP contribution in [-0.2, 0) is 16.6 Å². The molecule has 164 valence electrons. The van der Waals surface area contributed by atoms with Crippen molar-refractivity contribution in [2.75, 3.05) is 11.4 Å². The summed E-state index contributed by atoms with van der Waals surface area (Å²) in [5, 5.41) is 12.0. The molecule has 1 heterocycles. The van der Waals surface area contributed by atoms with Gasteiger partial charge in [-0.1, -0.05) is 30.3 Å². The van der Waals surface area contributed by atoms with Crippen molar-refractivity contribution in [3.8, 4) is 11.4 Å². The number of para-hydroxylation sites is 1. The number of anilines is 1. The quantitative estimate of drug-likeness (QED) is 0.428. The Bertz CT molecular complexity index is 1320. The van der Waals surface area contributed by atoms with Gasteiger partial charge in [0.15, 0.2) is 5.82 Å². The summed E-state index contributed by atoms with van der Waals surface area (Å²) in [5.41, 5.74) is 2.75. The maximum absolute atomic E-state index is 13.9. The van der Waals surface area contributed by atoms with Gasteiger partial charge in [-0.2, -0.15) is 4.68 Å². The summed E-state index contributed by atoms with van der Waals surface area (Å²) in [5.74, 6) is 1.02. The lowest BCUT2D eigenvalue weighted by Gasteiger charge is -2.25. The summed E-state index contributed by atoms with van der Waals surface area (Å²) in [6.07, 6.45) is 0. The van der Waals surface area contributed by atoms with Crippen molar-refractivity contribution in [1.82, 2.24) is 20.2 Å². The smallest absolute Gasteiger partial charge is 0.265 e. The molecule has 32 heavy (non-hydrogen) atoms. The Balaban J connectivity index is 1.82. The monoisotopic (exact) mass is 449 g/mol. The van der Waals surface area contributed by atoms with Crippen molar-refractivity contribution in [3.05, 3.63) is 89.7 Å². The van der Waals surface area contributed by atoms with E-state index in [4.69, 9.17) is 4.74 Å². The third-order valence-corrected chi connectivity index (χ3v) is 7.01. The predicted octanol–water partition coefficient (Wildman–Crippen LogP) is 3.68. The number of ether oxygens (including phenoxy) is 1. The minimum atomic E-state index is -3.92. The van der Waals surface area contributed by atoms with Gasteiger partial charge in [0.25, 0.3) is 10.0 Å². The van der Waals surface area contributed by atoms with E-state index in [0.29, 0.717) is 22.8 Å². The Morgan fingerprint density at radius 1 is 0.969 bits per heavy atom. The lowest BCUT2D eigenvalue weighted by Crippen LogP contribution is -2.32. The summed E-state index contributed by atoms with van der Waals surface area (Å²) in [7, 11) is -2.36. The molecule has 0 fully saturated rings. The van der Waals surface area contributed by atoms with Gasteiger partial charge in [0, 0.05) is 0 Å². The van der Waals surface area contributed by atoms with Gasteiger partial charge >= 0.3 is 0 Å². The zero-order chi connectivity index (χ0) is 22.7. The Morgan fingerprint density at radius 2 is 1.69 bits per heavy atom. The van der Waals surface area contributed by atoms with Crippen LogP contribution in [0.25, 0.3) is 5.69 Å².